The molecular weight excluding hydrogens is 2010 g/mol. The van der Waals surface area contributed by atoms with Gasteiger partial charge >= 0.3 is 57.5 Å². The second-order valence-electron chi connectivity index (χ2n) is 34.0. The van der Waals surface area contributed by atoms with Gasteiger partial charge in [-0.25, -0.2) is 58.2 Å². The Morgan fingerprint density at radius 2 is 0.806 bits per heavy atom. The molecule has 0 saturated carbocycles. The van der Waals surface area contributed by atoms with E-state index in [-0.39, 0.29) is 122 Å². The van der Waals surface area contributed by atoms with Gasteiger partial charge < -0.3 is 128 Å². The molecule has 0 bridgehead atoms. The van der Waals surface area contributed by atoms with Crippen LogP contribution in [0.3, 0.4) is 0 Å². The van der Waals surface area contributed by atoms with Gasteiger partial charge in [0.1, 0.15) is 127 Å². The number of aromatic amines is 1. The summed E-state index contributed by atoms with van der Waals surface area (Å²) in [5.41, 5.74) is 28.7. The number of aromatic nitrogens is 16. The first kappa shape index (κ1) is 108. The van der Waals surface area contributed by atoms with Gasteiger partial charge in [0.15, 0.2) is 22.9 Å². The fourth-order valence-corrected chi connectivity index (χ4v) is 24.8. The van der Waals surface area contributed by atoms with E-state index < -0.39 is 230 Å². The smallest absolute Gasteiger partial charge is 0.390 e. The van der Waals surface area contributed by atoms with Crippen LogP contribution in [0.5, 0.6) is 0 Å². The van der Waals surface area contributed by atoms with E-state index in [9.17, 15) is 53.2 Å². The van der Waals surface area contributed by atoms with E-state index in [1.165, 1.54) is 99.2 Å². The lowest BCUT2D eigenvalue weighted by molar-refractivity contribution is -0.0602. The van der Waals surface area contributed by atoms with Crippen LogP contribution in [0, 0.1) is 51.4 Å². The molecule has 0 amide bonds. The van der Waals surface area contributed by atoms with Crippen molar-refractivity contribution in [2.75, 3.05) is 117 Å². The summed E-state index contributed by atoms with van der Waals surface area (Å²) in [7, 11) is 0.245. The minimum atomic E-state index is -5.66. The summed E-state index contributed by atoms with van der Waals surface area (Å²) in [6.07, 6.45) is -11.2. The summed E-state index contributed by atoms with van der Waals surface area (Å²) in [4.78, 5) is 157. The van der Waals surface area contributed by atoms with Gasteiger partial charge in [-0.3, -0.25) is 55.3 Å². The van der Waals surface area contributed by atoms with E-state index in [4.69, 9.17) is 157 Å². The highest BCUT2D eigenvalue weighted by Gasteiger charge is 2.56. The van der Waals surface area contributed by atoms with E-state index in [1.807, 2.05) is 0 Å². The van der Waals surface area contributed by atoms with E-state index in [0.717, 1.165) is 9.13 Å². The first-order valence-electron chi connectivity index (χ1n) is 44.1. The molecule has 8 aromatic rings. The van der Waals surface area contributed by atoms with E-state index in [1.54, 1.807) is 32.3 Å². The van der Waals surface area contributed by atoms with Gasteiger partial charge in [-0.15, -0.1) is 0 Å². The zero-order chi connectivity index (χ0) is 100. The van der Waals surface area contributed by atoms with Crippen molar-refractivity contribution in [3.8, 4) is 0 Å². The van der Waals surface area contributed by atoms with Gasteiger partial charge in [0.2, 0.25) is 0 Å². The van der Waals surface area contributed by atoms with Gasteiger partial charge in [-0.1, -0.05) is 19.2 Å². The van der Waals surface area contributed by atoms with Crippen molar-refractivity contribution in [3.63, 3.8) is 0 Å². The number of anilines is 5. The van der Waals surface area contributed by atoms with Gasteiger partial charge in [0.25, 0.3) is 5.56 Å². The maximum absolute atomic E-state index is 15.5. The van der Waals surface area contributed by atoms with Crippen molar-refractivity contribution in [2.45, 2.75) is 216 Å². The summed E-state index contributed by atoms with van der Waals surface area (Å²) in [6.45, 7) is -13.7. The Bertz CT molecular complexity index is 6240. The highest BCUT2D eigenvalue weighted by molar-refractivity contribution is 8.44. The molecule has 6 saturated heterocycles. The van der Waals surface area contributed by atoms with Crippen LogP contribution in [-0.4, -0.2) is 263 Å². The molecule has 14 heterocycles. The fourth-order valence-electron chi connectivity index (χ4n) is 17.8. The number of nitrogens with two attached hydrogens (primary N) is 5. The van der Waals surface area contributed by atoms with Crippen LogP contribution in [0.15, 0.2) is 74.1 Å². The number of hydrogen-bond donors (Lipinski definition) is 12. The number of methoxy groups -OCH3 is 4. The third-order valence-electron chi connectivity index (χ3n) is 24.7. The highest BCUT2D eigenvalue weighted by Crippen LogP contribution is 2.61. The number of ether oxygens (including phenoxy) is 10. The lowest BCUT2D eigenvalue weighted by Crippen LogP contribution is -2.36. The van der Waals surface area contributed by atoms with Crippen LogP contribution in [0.25, 0.3) is 22.3 Å². The molecule has 0 aliphatic carbocycles. The van der Waals surface area contributed by atoms with Crippen molar-refractivity contribution in [3.05, 3.63) is 125 Å². The minimum Gasteiger partial charge on any atom is -0.390 e. The zero-order valence-corrected chi connectivity index (χ0v) is 84.5. The van der Waals surface area contributed by atoms with Crippen LogP contribution in [-0.2, 0) is 137 Å². The largest absolute Gasteiger partial charge is 0.472 e. The molecule has 6 fully saturated rings. The number of fused-ring (bicyclic) bond motifs is 2. The SMILES string of the molecule is CC[C@H]1O[C@@H](n2cc(C)c(N)nc2=O)CC1OP(=O)(S)OC[C@H]1O[C@@H](n2cc(C)c(=O)[nH]c2=O)CC1OP(O)(=S)OC[C@H]1O[C@@H](n2cnc3c(N)ncnc32)[C@@H](CCCOC)C1OP(=O)(O)OC[C@H]1O[C@@H](n2cc(C)c(N)nc2=O)[C@@H](CCCOC)C1OP(O)(=S)OC[C@H]1O[C@@H](n2cnc3c(N)ncnc32)[C@@H](CCCOC)C1OP(O)(=S)OC[C@H]1O[C@@H](n2cc(C)c(N)nc2=O)[C@@H](CCCOC)C1O. The first-order chi connectivity index (χ1) is 66.0. The molecule has 6 aliphatic heterocycles. The summed E-state index contributed by atoms with van der Waals surface area (Å²) < 4.78 is 161. The summed E-state index contributed by atoms with van der Waals surface area (Å²) >= 11 is 21.9. The molecule has 14 rings (SSSR count). The van der Waals surface area contributed by atoms with Crippen molar-refractivity contribution in [1.29, 1.82) is 0 Å². The number of phosphoric acid groups is 1. The Morgan fingerprint density at radius 1 is 0.439 bits per heavy atom. The highest BCUT2D eigenvalue weighted by atomic mass is 32.7. The van der Waals surface area contributed by atoms with Crippen LogP contribution < -0.4 is 57.0 Å². The third kappa shape index (κ3) is 25.6. The number of aliphatic hydroxyl groups excluding tert-OH is 1. The molecular formula is C77H114N21O32P5S4. The molecule has 53 nitrogen and oxygen atoms in total. The van der Waals surface area contributed by atoms with E-state index in [0.29, 0.717) is 49.0 Å². The molecule has 16 N–H and O–H groups in total. The van der Waals surface area contributed by atoms with Crippen molar-refractivity contribution in [2.24, 2.45) is 23.7 Å². The van der Waals surface area contributed by atoms with Crippen molar-refractivity contribution in [1.82, 2.24) is 77.2 Å². The number of imidazole rings is 2. The van der Waals surface area contributed by atoms with E-state index >= 15 is 4.57 Å². The average molecular weight is 2130 g/mol. The molecule has 768 valence electrons. The number of thiol groups is 1. The Labute approximate surface area is 813 Å². The molecule has 6 aliphatic rings. The lowest BCUT2D eigenvalue weighted by atomic mass is 9.94. The van der Waals surface area contributed by atoms with Gasteiger partial charge in [0, 0.05) is 138 Å². The standard InChI is InChI=1S/C77H114N21O32P5S4/c1-10-46-47(23-54(120-46)93-25-38(2)62(78)89-74(93)101)126-132(107,136)116-29-49-48(24-55(121-49)94-28-41(5)69(100)92-77(94)104)127-133(108,137)118-32-52-59(43(16-12-20-112-7)72(124-52)97-36-87-56-65(81)83-34-85-67(56)97)128-131(105,106)115-31-51-60(44(17-13-21-113-8)71(123-51)96-27-40(4)64(80)91-76(96)103)129-135(110,139)119-33-53-61(45(18-14-22-114-9)73(125-53)98-37-88-57-66(82)84-35-86-68(57)98)130-134(109,138)117-30-50-58(99)42(15-11-19-111-6)70(122-50)95-26-39(3)63(79)90-75(95)102/h25-28,34-37,42-55,58-61,70-73,99H,10-24,29-33H2,1-9H3,(H,105,106)(H,107,136)(H,108,137)(H,109,138)(H,110,139)(H2,78,89,101)(H2,79,90,102)(H2,80,91,103)(H2,81,83,85)(H2,82,84,86)(H,92,100,104)/t42-,43-,44-,45-,46+,47?,48?,49+,50+,51+,52+,53+,54+,55+,58?,59?,60?,61?,70+,71+,72+,73+,132?,133?,134?,135?/m0/s1. The van der Waals surface area contributed by atoms with Crippen LogP contribution >= 0.6 is 47.0 Å². The van der Waals surface area contributed by atoms with Crippen LogP contribution in [0.1, 0.15) is 137 Å². The second-order valence-corrected chi connectivity index (χ2v) is 46.7. The number of nitrogens with one attached hydrogen (secondary N) is 1. The lowest BCUT2D eigenvalue weighted by Gasteiger charge is -2.30. The Morgan fingerprint density at radius 3 is 1.27 bits per heavy atom. The topological polar surface area (TPSA) is 697 Å². The molecule has 139 heavy (non-hydrogen) atoms. The molecule has 0 spiro atoms. The fraction of sp³-hybridized carbons (Fsp3) is 0.662. The summed E-state index contributed by atoms with van der Waals surface area (Å²) in [6, 6.07) is 0. The first-order valence-corrected chi connectivity index (χ1v) is 56.1. The molecule has 8 aromatic heterocycles. The van der Waals surface area contributed by atoms with Crippen molar-refractivity contribution >= 4 is 134 Å². The second kappa shape index (κ2) is 46.3. The predicted octanol–water partition coefficient (Wildman–Crippen LogP) is 4.04. The van der Waals surface area contributed by atoms with Crippen LogP contribution in [0.4, 0.5) is 29.1 Å². The number of nitrogen functional groups attached to an aromatic ring is 5. The number of phosphoric ester groups is 1. The molecule has 11 unspecified atom stereocenters. The molecule has 0 aromatic carbocycles. The Kier molecular flexibility index (Phi) is 35.9. The number of hydrogen-bond acceptors (Lipinski definition) is 45. The normalized spacial score (nSPS) is 29.4. The Balaban J connectivity index is 0.741. The maximum atomic E-state index is 15.5. The Hall–Kier alpha value is -6.82. The van der Waals surface area contributed by atoms with Crippen molar-refractivity contribution < 1.29 is 126 Å². The maximum Gasteiger partial charge on any atom is 0.472 e. The van der Waals surface area contributed by atoms with Crippen LogP contribution in [0.2, 0.25) is 0 Å². The van der Waals surface area contributed by atoms with E-state index in [2.05, 4.69) is 62.1 Å². The van der Waals surface area contributed by atoms with Gasteiger partial charge in [-0.05, 0) is 121 Å². The number of aliphatic hydroxyl groups is 1. The zero-order valence-electron chi connectivity index (χ0n) is 76.7. The molecule has 62 heteroatoms. The number of rotatable bonds is 48. The van der Waals surface area contributed by atoms with Gasteiger partial charge in [0.05, 0.1) is 70.1 Å². The predicted molar refractivity (Wildman–Crippen MR) is 506 cm³/mol. The summed E-state index contributed by atoms with van der Waals surface area (Å²) in [5.74, 6) is -3.93. The minimum absolute atomic E-state index is 0.00654. The monoisotopic (exact) mass is 2130 g/mol. The average Bonchev–Trinajstić information content (AvgIpc) is 1.82. The molecule has 27 atom stereocenters. The quantitative estimate of drug-likeness (QED) is 0.0145. The van der Waals surface area contributed by atoms with Gasteiger partial charge in [-0.2, -0.15) is 15.0 Å². The third-order valence-corrected chi connectivity index (χ3v) is 32.0. The number of nitrogens with zero attached hydrogens (tertiary/aromatic N) is 15. The number of H-pyrrole nitrogens is 1. The molecule has 0 radical (unpaired) electrons. The summed E-state index contributed by atoms with van der Waals surface area (Å²) in [5, 5.41) is 12.0. The number of aryl methyl sites for hydroxylation is 4.